The summed E-state index contributed by atoms with van der Waals surface area (Å²) in [5.41, 5.74) is 4.19. The van der Waals surface area contributed by atoms with E-state index in [1.165, 1.54) is 29.7 Å². The van der Waals surface area contributed by atoms with E-state index in [-0.39, 0.29) is 28.7 Å². The maximum absolute atomic E-state index is 15.2. The van der Waals surface area contributed by atoms with E-state index < -0.39 is 17.5 Å². The molecule has 0 radical (unpaired) electrons. The average molecular weight is 453 g/mol. The number of hydrogen-bond donors (Lipinski definition) is 0. The number of rotatable bonds is 6. The number of fused-ring (bicyclic) bond motifs is 4. The van der Waals surface area contributed by atoms with Gasteiger partial charge in [-0.2, -0.15) is 4.39 Å². The van der Waals surface area contributed by atoms with E-state index in [0.29, 0.717) is 17.1 Å². The minimum atomic E-state index is -1.08. The van der Waals surface area contributed by atoms with Crippen LogP contribution in [0.4, 0.5) is 13.2 Å². The molecule has 2 nitrogen and oxygen atoms in total. The van der Waals surface area contributed by atoms with Crippen LogP contribution in [0.2, 0.25) is 0 Å². The second-order valence-corrected chi connectivity index (χ2v) is 9.01. The molecule has 5 heteroatoms. The Labute approximate surface area is 191 Å². The maximum atomic E-state index is 15.2. The molecule has 5 rings (SSSR count). The predicted octanol–water partition coefficient (Wildman–Crippen LogP) is 8.36. The van der Waals surface area contributed by atoms with Crippen molar-refractivity contribution in [2.75, 3.05) is 6.61 Å². The smallest absolute Gasteiger partial charge is 0.201 e. The third-order valence-corrected chi connectivity index (χ3v) is 6.88. The topological polar surface area (TPSA) is 22.4 Å². The van der Waals surface area contributed by atoms with Crippen LogP contribution >= 0.6 is 0 Å². The molecule has 0 aliphatic heterocycles. The molecule has 0 N–H and O–H groups in total. The summed E-state index contributed by atoms with van der Waals surface area (Å²) in [6, 6.07) is 10.2. The minimum Gasteiger partial charge on any atom is -0.490 e. The number of ether oxygens (including phenoxy) is 1. The van der Waals surface area contributed by atoms with Gasteiger partial charge in [0.15, 0.2) is 11.6 Å². The zero-order valence-corrected chi connectivity index (χ0v) is 18.9. The zero-order chi connectivity index (χ0) is 23.1. The Balaban J connectivity index is 1.57. The lowest BCUT2D eigenvalue weighted by molar-refractivity contribution is 0.289. The fraction of sp³-hybridized carbons (Fsp3) is 0.357. The van der Waals surface area contributed by atoms with Gasteiger partial charge in [-0.05, 0) is 60.4 Å². The Morgan fingerprint density at radius 3 is 2.61 bits per heavy atom. The quantitative estimate of drug-likeness (QED) is 0.274. The largest absolute Gasteiger partial charge is 0.490 e. The molecule has 1 aliphatic rings. The van der Waals surface area contributed by atoms with Crippen LogP contribution in [-0.2, 0) is 12.8 Å². The number of halogens is 3. The summed E-state index contributed by atoms with van der Waals surface area (Å²) in [6.45, 7) is 4.49. The van der Waals surface area contributed by atoms with Gasteiger partial charge in [0.2, 0.25) is 5.82 Å². The first-order chi connectivity index (χ1) is 16.0. The van der Waals surface area contributed by atoms with Crippen molar-refractivity contribution in [1.82, 2.24) is 0 Å². The summed E-state index contributed by atoms with van der Waals surface area (Å²) in [6.07, 6.45) is 5.97. The molecule has 1 heterocycles. The van der Waals surface area contributed by atoms with Gasteiger partial charge in [0.25, 0.3) is 0 Å². The molecule has 3 aromatic carbocycles. The fourth-order valence-electron chi connectivity index (χ4n) is 4.86. The monoisotopic (exact) mass is 452 g/mol. The lowest BCUT2D eigenvalue weighted by atomic mass is 9.81. The second-order valence-electron chi connectivity index (χ2n) is 9.01. The molecule has 0 saturated carbocycles. The fourth-order valence-corrected chi connectivity index (χ4v) is 4.86. The number of unbranched alkanes of at least 4 members (excludes halogenated alkanes) is 1. The second kappa shape index (κ2) is 8.77. The van der Waals surface area contributed by atoms with E-state index in [9.17, 15) is 8.78 Å². The highest BCUT2D eigenvalue weighted by Crippen LogP contribution is 2.39. The van der Waals surface area contributed by atoms with Crippen LogP contribution in [0.25, 0.3) is 33.1 Å². The normalized spacial score (nSPS) is 15.8. The third kappa shape index (κ3) is 3.88. The highest BCUT2D eigenvalue weighted by molar-refractivity contribution is 6.06. The van der Waals surface area contributed by atoms with Crippen molar-refractivity contribution in [3.63, 3.8) is 0 Å². The highest BCUT2D eigenvalue weighted by Gasteiger charge is 2.23. The molecule has 1 atom stereocenters. The Morgan fingerprint density at radius 2 is 1.82 bits per heavy atom. The van der Waals surface area contributed by atoms with Crippen molar-refractivity contribution < 1.29 is 22.3 Å². The molecule has 33 heavy (non-hydrogen) atoms. The van der Waals surface area contributed by atoms with E-state index in [0.717, 1.165) is 37.7 Å². The van der Waals surface area contributed by atoms with Crippen molar-refractivity contribution in [3.05, 3.63) is 65.0 Å². The molecule has 0 spiro atoms. The summed E-state index contributed by atoms with van der Waals surface area (Å²) in [7, 11) is 0. The van der Waals surface area contributed by atoms with Crippen molar-refractivity contribution in [2.45, 2.75) is 52.4 Å². The Bertz CT molecular complexity index is 1340. The lowest BCUT2D eigenvalue weighted by Crippen LogP contribution is -2.13. The molecule has 172 valence electrons. The van der Waals surface area contributed by atoms with Crippen LogP contribution in [0.1, 0.15) is 50.7 Å². The summed E-state index contributed by atoms with van der Waals surface area (Å²) in [5, 5.41) is 0.151. The number of aryl methyl sites for hydroxylation is 1. The van der Waals surface area contributed by atoms with Crippen molar-refractivity contribution in [3.8, 4) is 16.9 Å². The van der Waals surface area contributed by atoms with E-state index >= 15 is 4.39 Å². The first-order valence-corrected chi connectivity index (χ1v) is 11.8. The van der Waals surface area contributed by atoms with E-state index in [1.54, 1.807) is 6.07 Å². The molecule has 0 bridgehead atoms. The molecule has 4 aromatic rings. The van der Waals surface area contributed by atoms with Crippen molar-refractivity contribution in [1.29, 1.82) is 0 Å². The lowest BCUT2D eigenvalue weighted by Gasteiger charge is -2.24. The predicted molar refractivity (Wildman–Crippen MR) is 125 cm³/mol. The highest BCUT2D eigenvalue weighted by atomic mass is 19.2. The van der Waals surface area contributed by atoms with Crippen molar-refractivity contribution in [2.24, 2.45) is 5.92 Å². The first kappa shape index (κ1) is 21.9. The van der Waals surface area contributed by atoms with Gasteiger partial charge in [-0.3, -0.25) is 0 Å². The van der Waals surface area contributed by atoms with Gasteiger partial charge in [0, 0.05) is 17.0 Å². The molecule has 0 amide bonds. The molecule has 1 aromatic heterocycles. The SMILES string of the molecule is CCCCOc1cc2oc3cc(-c4ccc5c(c4)CCC(CC)C5)c(F)cc3c2c(F)c1F. The molecule has 0 saturated heterocycles. The molecular formula is C28H27F3O2. The van der Waals surface area contributed by atoms with Crippen LogP contribution in [0.3, 0.4) is 0 Å². The first-order valence-electron chi connectivity index (χ1n) is 11.8. The van der Waals surface area contributed by atoms with Gasteiger partial charge in [0.05, 0.1) is 12.0 Å². The van der Waals surface area contributed by atoms with Gasteiger partial charge in [-0.25, -0.2) is 8.78 Å². The zero-order valence-electron chi connectivity index (χ0n) is 18.9. The van der Waals surface area contributed by atoms with Crippen LogP contribution in [0.15, 0.2) is 40.8 Å². The minimum absolute atomic E-state index is 0.0631. The van der Waals surface area contributed by atoms with Crippen LogP contribution in [0, 0.1) is 23.4 Å². The molecule has 1 unspecified atom stereocenters. The number of furan rings is 1. The number of hydrogen-bond acceptors (Lipinski definition) is 2. The van der Waals surface area contributed by atoms with Crippen LogP contribution < -0.4 is 4.74 Å². The van der Waals surface area contributed by atoms with Gasteiger partial charge < -0.3 is 9.15 Å². The molecular weight excluding hydrogens is 425 g/mol. The van der Waals surface area contributed by atoms with E-state index in [4.69, 9.17) is 9.15 Å². The van der Waals surface area contributed by atoms with Gasteiger partial charge >= 0.3 is 0 Å². The van der Waals surface area contributed by atoms with E-state index in [1.807, 2.05) is 19.1 Å². The third-order valence-electron chi connectivity index (χ3n) is 6.88. The number of benzene rings is 3. The summed E-state index contributed by atoms with van der Waals surface area (Å²) in [4.78, 5) is 0. The average Bonchev–Trinajstić information content (AvgIpc) is 3.18. The maximum Gasteiger partial charge on any atom is 0.201 e. The van der Waals surface area contributed by atoms with Gasteiger partial charge in [-0.1, -0.05) is 44.9 Å². The van der Waals surface area contributed by atoms with Crippen LogP contribution in [-0.4, -0.2) is 6.61 Å². The summed E-state index contributed by atoms with van der Waals surface area (Å²) in [5.74, 6) is -2.13. The standard InChI is InChI=1S/C28H27F3O2/c1-3-5-10-32-25-15-24-26(28(31)27(25)30)21-13-22(29)20(14-23(21)33-24)19-9-8-17-11-16(4-2)6-7-18(17)12-19/h8-9,12-16H,3-7,10-11H2,1-2H3. The van der Waals surface area contributed by atoms with Gasteiger partial charge in [0.1, 0.15) is 17.0 Å². The van der Waals surface area contributed by atoms with E-state index in [2.05, 4.69) is 13.0 Å². The summed E-state index contributed by atoms with van der Waals surface area (Å²) < 4.78 is 55.9. The molecule has 0 fully saturated rings. The Morgan fingerprint density at radius 1 is 0.970 bits per heavy atom. The Kier molecular flexibility index (Phi) is 5.81. The van der Waals surface area contributed by atoms with Crippen LogP contribution in [0.5, 0.6) is 5.75 Å². The van der Waals surface area contributed by atoms with Gasteiger partial charge in [-0.15, -0.1) is 0 Å². The Hall–Kier alpha value is -2.95. The molecule has 1 aliphatic carbocycles. The van der Waals surface area contributed by atoms with Crippen molar-refractivity contribution >= 4 is 21.9 Å². The summed E-state index contributed by atoms with van der Waals surface area (Å²) >= 11 is 0.